The molecule has 0 atom stereocenters. The van der Waals surface area contributed by atoms with Crippen LogP contribution in [0.1, 0.15) is 20.8 Å². The van der Waals surface area contributed by atoms with Crippen molar-refractivity contribution in [2.45, 2.75) is 31.2 Å². The largest absolute Gasteiger partial charge is 0.481 e. The Morgan fingerprint density at radius 2 is 2.13 bits per heavy atom. The Labute approximate surface area is 138 Å². The van der Waals surface area contributed by atoms with Crippen molar-refractivity contribution >= 4 is 28.7 Å². The van der Waals surface area contributed by atoms with Gasteiger partial charge in [0.2, 0.25) is 0 Å². The maximum absolute atomic E-state index is 10.7. The molecule has 0 aliphatic heterocycles. The Hall–Kier alpha value is -2.21. The molecule has 3 aromatic rings. The van der Waals surface area contributed by atoms with E-state index in [9.17, 15) is 4.79 Å². The van der Waals surface area contributed by atoms with Crippen molar-refractivity contribution in [1.29, 1.82) is 0 Å². The van der Waals surface area contributed by atoms with Crippen LogP contribution >= 0.6 is 11.8 Å². The van der Waals surface area contributed by atoms with Gasteiger partial charge in [0, 0.05) is 16.5 Å². The number of benzene rings is 1. The third-order valence-corrected chi connectivity index (χ3v) is 4.38. The van der Waals surface area contributed by atoms with Crippen LogP contribution in [-0.2, 0) is 10.3 Å². The van der Waals surface area contributed by atoms with Crippen LogP contribution in [0.15, 0.2) is 46.0 Å². The van der Waals surface area contributed by atoms with Crippen LogP contribution in [-0.4, -0.2) is 26.6 Å². The van der Waals surface area contributed by atoms with Crippen molar-refractivity contribution < 1.29 is 14.3 Å². The van der Waals surface area contributed by atoms with Crippen LogP contribution in [0, 0.1) is 0 Å². The molecule has 6 heteroatoms. The average molecular weight is 330 g/mol. The number of carbonyl (C=O) groups is 1. The van der Waals surface area contributed by atoms with Crippen molar-refractivity contribution in [2.75, 3.05) is 5.75 Å². The lowest BCUT2D eigenvalue weighted by Crippen LogP contribution is -2.21. The van der Waals surface area contributed by atoms with E-state index in [-0.39, 0.29) is 11.3 Å². The maximum atomic E-state index is 10.7. The highest BCUT2D eigenvalue weighted by Crippen LogP contribution is 2.31. The topological polar surface area (TPSA) is 68.3 Å². The fourth-order valence-electron chi connectivity index (χ4n) is 2.22. The molecule has 0 fully saturated rings. The van der Waals surface area contributed by atoms with Gasteiger partial charge in [0.15, 0.2) is 0 Å². The van der Waals surface area contributed by atoms with Gasteiger partial charge in [0.1, 0.15) is 11.3 Å². The Kier molecular flexibility index (Phi) is 3.93. The van der Waals surface area contributed by atoms with Crippen molar-refractivity contribution in [3.8, 4) is 11.3 Å². The molecule has 3 rings (SSSR count). The minimum absolute atomic E-state index is 0.0502. The van der Waals surface area contributed by atoms with E-state index in [1.807, 2.05) is 35.1 Å². The van der Waals surface area contributed by atoms with Crippen LogP contribution in [0.5, 0.6) is 0 Å². The molecule has 23 heavy (non-hydrogen) atoms. The molecule has 1 aromatic carbocycles. The van der Waals surface area contributed by atoms with Gasteiger partial charge in [-0.3, -0.25) is 9.48 Å². The first-order chi connectivity index (χ1) is 10.8. The summed E-state index contributed by atoms with van der Waals surface area (Å²) in [6, 6.07) is 7.66. The molecule has 1 N–H and O–H groups in total. The van der Waals surface area contributed by atoms with Crippen LogP contribution in [0.2, 0.25) is 0 Å². The third kappa shape index (κ3) is 3.42. The number of carboxylic acids is 1. The molecular weight excluding hydrogens is 312 g/mol. The number of nitrogens with zero attached hydrogens (tertiary/aromatic N) is 2. The third-order valence-electron chi connectivity index (χ3n) is 3.40. The molecule has 2 aromatic heterocycles. The van der Waals surface area contributed by atoms with Gasteiger partial charge >= 0.3 is 5.97 Å². The minimum Gasteiger partial charge on any atom is -0.481 e. The van der Waals surface area contributed by atoms with E-state index in [0.717, 1.165) is 27.2 Å². The molecular formula is C17H18N2O3S. The summed E-state index contributed by atoms with van der Waals surface area (Å²) >= 11 is 1.30. The SMILES string of the molecule is CC(C)(C)n1cc(-c2cc3cc(SCC(=O)O)ccc3o2)cn1. The first kappa shape index (κ1) is 15.7. The fourth-order valence-corrected chi connectivity index (χ4v) is 2.88. The molecule has 0 aliphatic rings. The smallest absolute Gasteiger partial charge is 0.313 e. The number of carboxylic acid groups (broad SMARTS) is 1. The van der Waals surface area contributed by atoms with Gasteiger partial charge in [-0.2, -0.15) is 5.10 Å². The van der Waals surface area contributed by atoms with Gasteiger partial charge < -0.3 is 9.52 Å². The van der Waals surface area contributed by atoms with Crippen molar-refractivity contribution in [3.05, 3.63) is 36.7 Å². The predicted molar refractivity (Wildman–Crippen MR) is 90.8 cm³/mol. The Morgan fingerprint density at radius 3 is 2.78 bits per heavy atom. The number of furan rings is 1. The predicted octanol–water partition coefficient (Wildman–Crippen LogP) is 4.23. The van der Waals surface area contributed by atoms with Crippen molar-refractivity contribution in [1.82, 2.24) is 9.78 Å². The van der Waals surface area contributed by atoms with E-state index in [0.29, 0.717) is 0 Å². The van der Waals surface area contributed by atoms with Gasteiger partial charge in [-0.15, -0.1) is 11.8 Å². The van der Waals surface area contributed by atoms with E-state index >= 15 is 0 Å². The van der Waals surface area contributed by atoms with Crippen LogP contribution in [0.25, 0.3) is 22.3 Å². The number of thioether (sulfide) groups is 1. The van der Waals surface area contributed by atoms with Crippen LogP contribution in [0.3, 0.4) is 0 Å². The minimum atomic E-state index is -0.822. The van der Waals surface area contributed by atoms with E-state index < -0.39 is 5.97 Å². The number of hydrogen-bond acceptors (Lipinski definition) is 4. The standard InChI is InChI=1S/C17H18N2O3S/c1-17(2,3)19-9-12(8-18-19)15-7-11-6-13(23-10-16(20)21)4-5-14(11)22-15/h4-9H,10H2,1-3H3,(H,20,21). The number of fused-ring (bicyclic) bond motifs is 1. The number of rotatable bonds is 4. The lowest BCUT2D eigenvalue weighted by molar-refractivity contribution is -0.133. The molecule has 0 radical (unpaired) electrons. The maximum Gasteiger partial charge on any atom is 0.313 e. The molecule has 0 spiro atoms. The number of hydrogen-bond donors (Lipinski definition) is 1. The van der Waals surface area contributed by atoms with Gasteiger partial charge in [0.25, 0.3) is 0 Å². The molecule has 5 nitrogen and oxygen atoms in total. The molecule has 0 unspecified atom stereocenters. The molecule has 0 amide bonds. The lowest BCUT2D eigenvalue weighted by atomic mass is 10.1. The summed E-state index contributed by atoms with van der Waals surface area (Å²) in [5.74, 6) is -0.0114. The highest BCUT2D eigenvalue weighted by molar-refractivity contribution is 8.00. The van der Waals surface area contributed by atoms with E-state index in [2.05, 4.69) is 25.9 Å². The van der Waals surface area contributed by atoms with E-state index in [1.54, 1.807) is 6.20 Å². The molecule has 120 valence electrons. The zero-order valence-corrected chi connectivity index (χ0v) is 14.1. The molecule has 0 bridgehead atoms. The zero-order chi connectivity index (χ0) is 16.6. The molecule has 2 heterocycles. The number of aliphatic carboxylic acids is 1. The van der Waals surface area contributed by atoms with Gasteiger partial charge in [-0.05, 0) is 45.0 Å². The average Bonchev–Trinajstić information content (AvgIpc) is 3.10. The van der Waals surface area contributed by atoms with E-state index in [1.165, 1.54) is 11.8 Å². The summed E-state index contributed by atoms with van der Waals surface area (Å²) < 4.78 is 7.79. The Balaban J connectivity index is 1.90. The van der Waals surface area contributed by atoms with Crippen LogP contribution < -0.4 is 0 Å². The monoisotopic (exact) mass is 330 g/mol. The molecule has 0 aliphatic carbocycles. The summed E-state index contributed by atoms with van der Waals surface area (Å²) in [5, 5.41) is 14.1. The highest BCUT2D eigenvalue weighted by Gasteiger charge is 2.16. The van der Waals surface area contributed by atoms with Gasteiger partial charge in [-0.1, -0.05) is 0 Å². The summed E-state index contributed by atoms with van der Waals surface area (Å²) in [4.78, 5) is 11.6. The van der Waals surface area contributed by atoms with Crippen molar-refractivity contribution in [3.63, 3.8) is 0 Å². The van der Waals surface area contributed by atoms with Crippen LogP contribution in [0.4, 0.5) is 0 Å². The van der Waals surface area contributed by atoms with E-state index in [4.69, 9.17) is 9.52 Å². The summed E-state index contributed by atoms with van der Waals surface area (Å²) in [6.45, 7) is 6.27. The summed E-state index contributed by atoms with van der Waals surface area (Å²) in [6.07, 6.45) is 3.76. The highest BCUT2D eigenvalue weighted by atomic mass is 32.2. The Morgan fingerprint density at radius 1 is 1.35 bits per heavy atom. The molecule has 0 saturated heterocycles. The number of aromatic nitrogens is 2. The first-order valence-electron chi connectivity index (χ1n) is 7.27. The zero-order valence-electron chi connectivity index (χ0n) is 13.2. The van der Waals surface area contributed by atoms with Gasteiger partial charge in [0.05, 0.1) is 23.1 Å². The van der Waals surface area contributed by atoms with Crippen molar-refractivity contribution in [2.24, 2.45) is 0 Å². The second-order valence-electron chi connectivity index (χ2n) is 6.34. The fraction of sp³-hybridized carbons (Fsp3) is 0.294. The summed E-state index contributed by atoms with van der Waals surface area (Å²) in [5.41, 5.74) is 1.63. The second-order valence-corrected chi connectivity index (χ2v) is 7.39. The second kappa shape index (κ2) is 5.77. The quantitative estimate of drug-likeness (QED) is 0.725. The summed E-state index contributed by atoms with van der Waals surface area (Å²) in [7, 11) is 0. The lowest BCUT2D eigenvalue weighted by Gasteiger charge is -2.18. The van der Waals surface area contributed by atoms with Gasteiger partial charge in [-0.25, -0.2) is 0 Å². The molecule has 0 saturated carbocycles. The first-order valence-corrected chi connectivity index (χ1v) is 8.25. The Bertz CT molecular complexity index is 858. The normalized spacial score (nSPS) is 12.0.